The first-order chi connectivity index (χ1) is 16.0. The lowest BCUT2D eigenvalue weighted by molar-refractivity contribution is -0.137. The first kappa shape index (κ1) is 25.5. The summed E-state index contributed by atoms with van der Waals surface area (Å²) in [5.41, 5.74) is -2.28. The average Bonchev–Trinajstić information content (AvgIpc) is 2.76. The van der Waals surface area contributed by atoms with Gasteiger partial charge in [0.25, 0.3) is 5.56 Å². The monoisotopic (exact) mass is 528 g/mol. The predicted molar refractivity (Wildman–Crippen MR) is 131 cm³/mol. The Hall–Kier alpha value is -3.09. The van der Waals surface area contributed by atoms with Gasteiger partial charge in [0.15, 0.2) is 0 Å². The summed E-state index contributed by atoms with van der Waals surface area (Å²) in [7, 11) is 0. The number of urea groups is 1. The molecule has 0 saturated heterocycles. The highest BCUT2D eigenvalue weighted by Crippen LogP contribution is 2.33. The van der Waals surface area contributed by atoms with E-state index in [1.807, 2.05) is 0 Å². The smallest absolute Gasteiger partial charge is 0.307 e. The molecule has 0 bridgehead atoms. The van der Waals surface area contributed by atoms with Crippen LogP contribution in [0.5, 0.6) is 0 Å². The third kappa shape index (κ3) is 6.07. The highest BCUT2D eigenvalue weighted by Gasteiger charge is 2.31. The van der Waals surface area contributed by atoms with Gasteiger partial charge < -0.3 is 10.3 Å². The molecule has 3 N–H and O–H groups in total. The van der Waals surface area contributed by atoms with E-state index in [0.29, 0.717) is 20.4 Å². The number of carbonyl (C=O) groups excluding carboxylic acids is 1. The molecule has 0 aliphatic carbocycles. The Morgan fingerprint density at radius 1 is 1.18 bits per heavy atom. The number of allylic oxidation sites excluding steroid dienone is 1. The number of aromatic amines is 1. The van der Waals surface area contributed by atoms with Crippen molar-refractivity contribution in [1.82, 2.24) is 14.3 Å². The van der Waals surface area contributed by atoms with E-state index in [1.54, 1.807) is 13.0 Å². The van der Waals surface area contributed by atoms with E-state index in [9.17, 15) is 27.6 Å². The molecule has 2 amide bonds. The number of hydrogen-bond donors (Lipinski definition) is 3. The lowest BCUT2D eigenvalue weighted by Gasteiger charge is -2.11. The number of halogens is 4. The molecule has 178 valence electrons. The number of H-pyrrole nitrogens is 1. The first-order valence-electron chi connectivity index (χ1n) is 9.38. The Bertz CT molecular complexity index is 1400. The minimum atomic E-state index is -4.64. The van der Waals surface area contributed by atoms with E-state index < -0.39 is 29.0 Å². The number of thioether (sulfide) groups is 1. The molecule has 0 fully saturated rings. The largest absolute Gasteiger partial charge is 0.416 e. The Morgan fingerprint density at radius 3 is 2.44 bits per heavy atom. The zero-order valence-electron chi connectivity index (χ0n) is 17.3. The van der Waals surface area contributed by atoms with Crippen molar-refractivity contribution in [2.24, 2.45) is 0 Å². The van der Waals surface area contributed by atoms with Gasteiger partial charge in [-0.15, -0.1) is 0 Å². The second-order valence-electron chi connectivity index (χ2n) is 6.60. The van der Waals surface area contributed by atoms with Gasteiger partial charge in [-0.25, -0.2) is 14.2 Å². The number of aromatic nitrogens is 2. The molecular weight excluding hydrogens is 513 g/mol. The highest BCUT2D eigenvalue weighted by atomic mass is 35.5. The van der Waals surface area contributed by atoms with Gasteiger partial charge in [-0.3, -0.25) is 9.52 Å². The van der Waals surface area contributed by atoms with Crippen LogP contribution >= 0.6 is 35.3 Å². The second kappa shape index (κ2) is 10.5. The molecule has 1 aromatic heterocycles. The molecule has 0 saturated carbocycles. The number of benzene rings is 2. The van der Waals surface area contributed by atoms with Crippen LogP contribution in [0.15, 0.2) is 73.3 Å². The number of rotatable bonds is 6. The van der Waals surface area contributed by atoms with Crippen LogP contribution in [0, 0.1) is 0 Å². The molecule has 7 nitrogen and oxygen atoms in total. The van der Waals surface area contributed by atoms with Gasteiger partial charge in [0, 0.05) is 5.69 Å². The number of fused-ring (bicyclic) bond motifs is 1. The summed E-state index contributed by atoms with van der Waals surface area (Å²) < 4.78 is 43.4. The minimum Gasteiger partial charge on any atom is -0.307 e. The maximum atomic E-state index is 13.0. The van der Waals surface area contributed by atoms with Crippen LogP contribution in [0.3, 0.4) is 0 Å². The minimum absolute atomic E-state index is 0.0110. The summed E-state index contributed by atoms with van der Waals surface area (Å²) in [6.07, 6.45) is -2.90. The normalized spacial score (nSPS) is 12.0. The topological polar surface area (TPSA) is 96.0 Å². The molecule has 0 aliphatic rings. The van der Waals surface area contributed by atoms with Crippen LogP contribution in [0.2, 0.25) is 0 Å². The number of alkyl halides is 3. The summed E-state index contributed by atoms with van der Waals surface area (Å²) >= 11 is 7.94. The van der Waals surface area contributed by atoms with Gasteiger partial charge in [0.2, 0.25) is 0 Å². The fourth-order valence-corrected chi connectivity index (χ4v) is 4.50. The zero-order chi connectivity index (χ0) is 25.0. The molecule has 0 aliphatic heterocycles. The van der Waals surface area contributed by atoms with Gasteiger partial charge >= 0.3 is 17.9 Å². The SMILES string of the molecule is C=C(Cl)S/C(=C\C)SNC(=O)Nc1ccc(-n2c(=O)[nH]c3ccc(C(F)(F)F)cc3c2=O)cc1. The van der Waals surface area contributed by atoms with Gasteiger partial charge in [-0.2, -0.15) is 13.2 Å². The fourth-order valence-electron chi connectivity index (χ4n) is 2.82. The van der Waals surface area contributed by atoms with E-state index in [-0.39, 0.29) is 16.6 Å². The van der Waals surface area contributed by atoms with Crippen molar-refractivity contribution >= 4 is 57.9 Å². The van der Waals surface area contributed by atoms with Crippen molar-refractivity contribution in [2.45, 2.75) is 13.1 Å². The number of amides is 2. The summed E-state index contributed by atoms with van der Waals surface area (Å²) in [4.78, 5) is 39.8. The second-order valence-corrected chi connectivity index (χ2v) is 9.52. The fraction of sp³-hybridized carbons (Fsp3) is 0.0952. The standard InChI is InChI=1S/C21H16ClF3N4O3S2/c1-3-17(33-11(2)22)34-28-19(31)26-13-5-7-14(8-6-13)29-18(30)15-10-12(21(23,24)25)4-9-16(15)27-20(29)32/h3-10H,2H2,1H3,(H,27,32)(H2,26,28,31)/b17-3+. The maximum absolute atomic E-state index is 13.0. The van der Waals surface area contributed by atoms with Crippen molar-refractivity contribution in [3.05, 3.63) is 90.1 Å². The van der Waals surface area contributed by atoms with Gasteiger partial charge in [0.1, 0.15) is 0 Å². The van der Waals surface area contributed by atoms with Crippen molar-refractivity contribution < 1.29 is 18.0 Å². The van der Waals surface area contributed by atoms with E-state index in [0.717, 1.165) is 28.6 Å². The van der Waals surface area contributed by atoms with Crippen LogP contribution in [0.4, 0.5) is 23.7 Å². The molecule has 0 spiro atoms. The van der Waals surface area contributed by atoms with E-state index in [1.165, 1.54) is 36.0 Å². The van der Waals surface area contributed by atoms with E-state index in [2.05, 4.69) is 21.6 Å². The molecule has 3 rings (SSSR count). The van der Waals surface area contributed by atoms with Crippen molar-refractivity contribution in [2.75, 3.05) is 5.32 Å². The van der Waals surface area contributed by atoms with Crippen molar-refractivity contribution in [1.29, 1.82) is 0 Å². The van der Waals surface area contributed by atoms with Gasteiger partial charge in [0.05, 0.1) is 30.8 Å². The molecule has 0 atom stereocenters. The number of nitrogens with zero attached hydrogens (tertiary/aromatic N) is 1. The molecule has 2 aromatic carbocycles. The summed E-state index contributed by atoms with van der Waals surface area (Å²) in [6.45, 7) is 5.33. The Morgan fingerprint density at radius 2 is 1.85 bits per heavy atom. The molecule has 3 aromatic rings. The van der Waals surface area contributed by atoms with Gasteiger partial charge in [-0.1, -0.05) is 36.0 Å². The van der Waals surface area contributed by atoms with Crippen LogP contribution in [0.1, 0.15) is 12.5 Å². The molecule has 13 heteroatoms. The quantitative estimate of drug-likeness (QED) is 0.353. The lowest BCUT2D eigenvalue weighted by atomic mass is 10.1. The molecule has 34 heavy (non-hydrogen) atoms. The number of hydrogen-bond acceptors (Lipinski definition) is 5. The van der Waals surface area contributed by atoms with Crippen LogP contribution in [-0.2, 0) is 6.18 Å². The highest BCUT2D eigenvalue weighted by molar-refractivity contribution is 8.24. The molecule has 0 unspecified atom stereocenters. The van der Waals surface area contributed by atoms with E-state index in [4.69, 9.17) is 11.6 Å². The van der Waals surface area contributed by atoms with E-state index >= 15 is 0 Å². The van der Waals surface area contributed by atoms with Crippen molar-refractivity contribution in [3.8, 4) is 5.69 Å². The summed E-state index contributed by atoms with van der Waals surface area (Å²) in [5.74, 6) is 0. The van der Waals surface area contributed by atoms with Crippen molar-refractivity contribution in [3.63, 3.8) is 0 Å². The maximum Gasteiger partial charge on any atom is 0.416 e. The summed E-state index contributed by atoms with van der Waals surface area (Å²) in [5, 5.41) is 2.29. The van der Waals surface area contributed by atoms with Crippen LogP contribution in [0.25, 0.3) is 16.6 Å². The number of nitrogens with one attached hydrogen (secondary N) is 3. The van der Waals surface area contributed by atoms with Crippen LogP contribution < -0.4 is 21.3 Å². The Balaban J connectivity index is 1.82. The third-order valence-corrected chi connectivity index (χ3v) is 6.41. The number of carbonyl (C=O) groups is 1. The summed E-state index contributed by atoms with van der Waals surface area (Å²) in [6, 6.07) is 7.61. The Labute approximate surface area is 204 Å². The predicted octanol–water partition coefficient (Wildman–Crippen LogP) is 5.77. The molecule has 0 radical (unpaired) electrons. The third-order valence-electron chi connectivity index (χ3n) is 4.30. The molecular formula is C21H16ClF3N4O3S2. The van der Waals surface area contributed by atoms with Gasteiger partial charge in [-0.05, 0) is 61.3 Å². The average molecular weight is 529 g/mol. The molecule has 1 heterocycles. The lowest BCUT2D eigenvalue weighted by Crippen LogP contribution is -2.33. The number of anilines is 1. The zero-order valence-corrected chi connectivity index (χ0v) is 19.7. The first-order valence-corrected chi connectivity index (χ1v) is 11.4. The van der Waals surface area contributed by atoms with Crippen LogP contribution in [-0.4, -0.2) is 15.6 Å². The Kier molecular flexibility index (Phi) is 7.85.